The molecule has 0 unspecified atom stereocenters. The SMILES string of the molecule is CC.CCCN(CCC)c1cc(N/N=C2\CCCc3c(O)cccc32)nc(OCCN2CCOCC2)n1. The fraction of sp³-hybridized carbons (Fsp3) is 0.607. The van der Waals surface area contributed by atoms with E-state index in [9.17, 15) is 5.11 Å². The van der Waals surface area contributed by atoms with Crippen molar-refractivity contribution in [2.45, 2.75) is 59.8 Å². The third-order valence-electron chi connectivity index (χ3n) is 6.35. The zero-order chi connectivity index (χ0) is 26.5. The average molecular weight is 513 g/mol. The maximum Gasteiger partial charge on any atom is 0.320 e. The van der Waals surface area contributed by atoms with E-state index in [2.05, 4.69) is 34.1 Å². The number of aromatic hydroxyl groups is 1. The molecule has 9 nitrogen and oxygen atoms in total. The molecule has 4 rings (SSSR count). The third-order valence-corrected chi connectivity index (χ3v) is 6.35. The van der Waals surface area contributed by atoms with Crippen LogP contribution in [0.15, 0.2) is 29.4 Å². The molecule has 0 bridgehead atoms. The first-order valence-electron chi connectivity index (χ1n) is 13.9. The van der Waals surface area contributed by atoms with Crippen LogP contribution in [0.25, 0.3) is 0 Å². The Labute approximate surface area is 221 Å². The van der Waals surface area contributed by atoms with Crippen molar-refractivity contribution in [3.05, 3.63) is 35.4 Å². The van der Waals surface area contributed by atoms with Gasteiger partial charge in [-0.1, -0.05) is 39.8 Å². The van der Waals surface area contributed by atoms with Gasteiger partial charge in [-0.3, -0.25) is 10.3 Å². The van der Waals surface area contributed by atoms with Gasteiger partial charge in [-0.05, 0) is 38.2 Å². The minimum atomic E-state index is 0.338. The summed E-state index contributed by atoms with van der Waals surface area (Å²) in [6.07, 6.45) is 4.73. The molecule has 2 heterocycles. The lowest BCUT2D eigenvalue weighted by Gasteiger charge is -2.26. The number of hydrogen-bond acceptors (Lipinski definition) is 9. The van der Waals surface area contributed by atoms with E-state index in [0.717, 1.165) is 101 Å². The fourth-order valence-corrected chi connectivity index (χ4v) is 4.58. The van der Waals surface area contributed by atoms with Crippen molar-refractivity contribution in [3.63, 3.8) is 0 Å². The molecule has 1 aliphatic carbocycles. The van der Waals surface area contributed by atoms with Crippen molar-refractivity contribution in [2.75, 3.05) is 62.9 Å². The largest absolute Gasteiger partial charge is 0.508 e. The van der Waals surface area contributed by atoms with Gasteiger partial charge < -0.3 is 19.5 Å². The number of anilines is 2. The van der Waals surface area contributed by atoms with E-state index in [4.69, 9.17) is 19.6 Å². The van der Waals surface area contributed by atoms with E-state index in [1.807, 2.05) is 32.0 Å². The van der Waals surface area contributed by atoms with Crippen LogP contribution in [-0.2, 0) is 11.2 Å². The van der Waals surface area contributed by atoms with E-state index in [-0.39, 0.29) is 0 Å². The summed E-state index contributed by atoms with van der Waals surface area (Å²) < 4.78 is 11.4. The molecule has 0 amide bonds. The second-order valence-corrected chi connectivity index (χ2v) is 9.01. The Kier molecular flexibility index (Phi) is 11.9. The first-order valence-corrected chi connectivity index (χ1v) is 13.9. The Morgan fingerprint density at radius 1 is 1.11 bits per heavy atom. The van der Waals surface area contributed by atoms with Crippen LogP contribution >= 0.6 is 0 Å². The van der Waals surface area contributed by atoms with Gasteiger partial charge in [0.2, 0.25) is 0 Å². The first kappa shape index (κ1) is 28.7. The molecule has 9 heteroatoms. The lowest BCUT2D eigenvalue weighted by Crippen LogP contribution is -2.38. The maximum atomic E-state index is 10.2. The second-order valence-electron chi connectivity index (χ2n) is 9.01. The Hall–Kier alpha value is -2.91. The van der Waals surface area contributed by atoms with Crippen molar-refractivity contribution in [1.29, 1.82) is 0 Å². The van der Waals surface area contributed by atoms with Crippen molar-refractivity contribution in [2.24, 2.45) is 5.10 Å². The Bertz CT molecular complexity index is 988. The van der Waals surface area contributed by atoms with Crippen molar-refractivity contribution in [1.82, 2.24) is 14.9 Å². The van der Waals surface area contributed by atoms with Crippen LogP contribution in [0.4, 0.5) is 11.6 Å². The van der Waals surface area contributed by atoms with Crippen molar-refractivity contribution < 1.29 is 14.6 Å². The highest BCUT2D eigenvalue weighted by Gasteiger charge is 2.19. The summed E-state index contributed by atoms with van der Waals surface area (Å²) in [7, 11) is 0. The maximum absolute atomic E-state index is 10.2. The summed E-state index contributed by atoms with van der Waals surface area (Å²) >= 11 is 0. The highest BCUT2D eigenvalue weighted by Crippen LogP contribution is 2.29. The monoisotopic (exact) mass is 512 g/mol. The lowest BCUT2D eigenvalue weighted by atomic mass is 9.89. The molecule has 2 aliphatic rings. The lowest BCUT2D eigenvalue weighted by molar-refractivity contribution is 0.0317. The molecule has 2 N–H and O–H groups in total. The minimum absolute atomic E-state index is 0.338. The summed E-state index contributed by atoms with van der Waals surface area (Å²) in [5.41, 5.74) is 6.05. The zero-order valence-electron chi connectivity index (χ0n) is 23.0. The van der Waals surface area contributed by atoms with Crippen LogP contribution < -0.4 is 15.1 Å². The van der Waals surface area contributed by atoms with E-state index in [1.165, 1.54) is 0 Å². The molecule has 1 saturated heterocycles. The predicted molar refractivity (Wildman–Crippen MR) is 150 cm³/mol. The highest BCUT2D eigenvalue weighted by molar-refractivity contribution is 6.03. The summed E-state index contributed by atoms with van der Waals surface area (Å²) in [6.45, 7) is 14.9. The summed E-state index contributed by atoms with van der Waals surface area (Å²) in [5.74, 6) is 1.78. The number of benzene rings is 1. The van der Waals surface area contributed by atoms with Crippen LogP contribution in [0, 0.1) is 0 Å². The van der Waals surface area contributed by atoms with E-state index >= 15 is 0 Å². The molecule has 1 fully saturated rings. The van der Waals surface area contributed by atoms with Gasteiger partial charge in [0.1, 0.15) is 18.2 Å². The topological polar surface area (TPSA) is 95.3 Å². The fourth-order valence-electron chi connectivity index (χ4n) is 4.58. The van der Waals surface area contributed by atoms with Crippen LogP contribution in [0.5, 0.6) is 11.8 Å². The number of nitrogens with one attached hydrogen (secondary N) is 1. The van der Waals surface area contributed by atoms with E-state index in [1.54, 1.807) is 6.07 Å². The molecule has 1 aromatic heterocycles. The number of hydrazone groups is 1. The Balaban J connectivity index is 0.00000186. The number of morpholine rings is 1. The quantitative estimate of drug-likeness (QED) is 0.419. The van der Waals surface area contributed by atoms with Crippen LogP contribution in [-0.4, -0.2) is 78.2 Å². The summed E-state index contributed by atoms with van der Waals surface area (Å²) in [6, 6.07) is 7.92. The number of nitrogens with zero attached hydrogens (tertiary/aromatic N) is 5. The first-order chi connectivity index (χ1) is 18.2. The molecule has 2 aromatic rings. The van der Waals surface area contributed by atoms with Gasteiger partial charge in [0, 0.05) is 49.9 Å². The average Bonchev–Trinajstić information content (AvgIpc) is 2.94. The smallest absolute Gasteiger partial charge is 0.320 e. The summed E-state index contributed by atoms with van der Waals surface area (Å²) in [5, 5.41) is 14.9. The second kappa shape index (κ2) is 15.4. The normalized spacial score (nSPS) is 16.5. The number of aromatic nitrogens is 2. The molecule has 0 radical (unpaired) electrons. The van der Waals surface area contributed by atoms with Crippen LogP contribution in [0.2, 0.25) is 0 Å². The van der Waals surface area contributed by atoms with Gasteiger partial charge in [0.05, 0.1) is 18.9 Å². The van der Waals surface area contributed by atoms with Crippen molar-refractivity contribution >= 4 is 17.3 Å². The number of fused-ring (bicyclic) bond motifs is 1. The molecule has 0 saturated carbocycles. The zero-order valence-corrected chi connectivity index (χ0v) is 23.0. The number of phenols is 1. The van der Waals surface area contributed by atoms with Gasteiger partial charge in [-0.2, -0.15) is 15.1 Å². The number of ether oxygens (including phenoxy) is 2. The molecule has 0 spiro atoms. The van der Waals surface area contributed by atoms with E-state index < -0.39 is 0 Å². The molecule has 0 atom stereocenters. The van der Waals surface area contributed by atoms with Crippen LogP contribution in [0.3, 0.4) is 0 Å². The van der Waals surface area contributed by atoms with Crippen LogP contribution in [0.1, 0.15) is 64.5 Å². The Morgan fingerprint density at radius 2 is 1.86 bits per heavy atom. The molecule has 37 heavy (non-hydrogen) atoms. The van der Waals surface area contributed by atoms with Gasteiger partial charge in [-0.15, -0.1) is 0 Å². The summed E-state index contributed by atoms with van der Waals surface area (Å²) in [4.78, 5) is 13.9. The number of rotatable bonds is 11. The van der Waals surface area contributed by atoms with E-state index in [0.29, 0.717) is 24.2 Å². The molecule has 204 valence electrons. The molecular formula is C28H44N6O3. The number of hydrogen-bond donors (Lipinski definition) is 2. The molecular weight excluding hydrogens is 468 g/mol. The van der Waals surface area contributed by atoms with Gasteiger partial charge >= 0.3 is 6.01 Å². The number of phenolic OH excluding ortho intramolecular Hbond substituents is 1. The standard InChI is InChI=1S/C26H38N6O3.C2H6/c1-3-11-32(12-4-2)25-19-24(27-26(28-25)35-18-15-31-13-16-34-17-14-31)30-29-22-9-5-8-21-20(22)7-6-10-23(21)33;1-2/h6-7,10,19,33H,3-5,8-9,11-18H2,1-2H3,(H,27,28,30);1-2H3/b29-22+;. The molecule has 1 aromatic carbocycles. The minimum Gasteiger partial charge on any atom is -0.508 e. The Morgan fingerprint density at radius 3 is 2.59 bits per heavy atom. The highest BCUT2D eigenvalue weighted by atomic mass is 16.5. The van der Waals surface area contributed by atoms with Gasteiger partial charge in [0.15, 0.2) is 5.82 Å². The molecule has 1 aliphatic heterocycles. The third kappa shape index (κ3) is 8.30. The van der Waals surface area contributed by atoms with Gasteiger partial charge in [0.25, 0.3) is 0 Å². The van der Waals surface area contributed by atoms with Gasteiger partial charge in [-0.25, -0.2) is 0 Å². The van der Waals surface area contributed by atoms with Crippen molar-refractivity contribution in [3.8, 4) is 11.8 Å². The predicted octanol–water partition coefficient (Wildman–Crippen LogP) is 4.70.